The number of nitrogens with one attached hydrogen (secondary N) is 1. The number of nitrogens with zero attached hydrogens (tertiary/aromatic N) is 5. The van der Waals surface area contributed by atoms with Gasteiger partial charge in [0.1, 0.15) is 5.69 Å². The molecule has 0 aliphatic heterocycles. The SMILES string of the molecule is CC(Cn1nnnc1-c1ccc(=O)[nH]n1)C(=O)O. The summed E-state index contributed by atoms with van der Waals surface area (Å²) in [5, 5.41) is 25.8. The maximum atomic E-state index is 10.9. The molecular weight excluding hydrogens is 240 g/mol. The molecule has 0 aliphatic carbocycles. The molecule has 0 spiro atoms. The number of carboxylic acids is 1. The summed E-state index contributed by atoms with van der Waals surface area (Å²) in [5.41, 5.74) is 0.0360. The molecule has 0 aliphatic rings. The Morgan fingerprint density at radius 2 is 2.33 bits per heavy atom. The number of H-pyrrole nitrogens is 1. The van der Waals surface area contributed by atoms with Gasteiger partial charge in [-0.15, -0.1) is 5.10 Å². The van der Waals surface area contributed by atoms with Gasteiger partial charge < -0.3 is 5.11 Å². The van der Waals surface area contributed by atoms with Crippen LogP contribution in [0.15, 0.2) is 16.9 Å². The number of aromatic nitrogens is 6. The zero-order valence-corrected chi connectivity index (χ0v) is 9.44. The molecule has 0 saturated carbocycles. The smallest absolute Gasteiger partial charge is 0.308 e. The van der Waals surface area contributed by atoms with E-state index < -0.39 is 11.9 Å². The number of carboxylic acid groups (broad SMARTS) is 1. The number of hydrogen-bond acceptors (Lipinski definition) is 6. The van der Waals surface area contributed by atoms with Crippen molar-refractivity contribution >= 4 is 5.97 Å². The first-order chi connectivity index (χ1) is 8.58. The van der Waals surface area contributed by atoms with Crippen molar-refractivity contribution in [2.45, 2.75) is 13.5 Å². The van der Waals surface area contributed by atoms with E-state index in [4.69, 9.17) is 5.11 Å². The fourth-order valence-electron chi connectivity index (χ4n) is 1.32. The summed E-state index contributed by atoms with van der Waals surface area (Å²) >= 11 is 0. The molecule has 2 rings (SSSR count). The number of carbonyl (C=O) groups is 1. The minimum absolute atomic E-state index is 0.123. The molecule has 2 aromatic rings. The van der Waals surface area contributed by atoms with E-state index in [9.17, 15) is 9.59 Å². The predicted octanol–water partition coefficient (Wildman–Crippen LogP) is -0.856. The van der Waals surface area contributed by atoms with E-state index in [0.29, 0.717) is 11.5 Å². The first kappa shape index (κ1) is 11.9. The highest BCUT2D eigenvalue weighted by atomic mass is 16.4. The molecule has 9 heteroatoms. The van der Waals surface area contributed by atoms with Crippen molar-refractivity contribution in [2.75, 3.05) is 0 Å². The predicted molar refractivity (Wildman–Crippen MR) is 58.5 cm³/mol. The lowest BCUT2D eigenvalue weighted by molar-refractivity contribution is -0.141. The van der Waals surface area contributed by atoms with Crippen LogP contribution in [-0.2, 0) is 11.3 Å². The summed E-state index contributed by atoms with van der Waals surface area (Å²) in [4.78, 5) is 21.7. The van der Waals surface area contributed by atoms with Crippen LogP contribution < -0.4 is 5.56 Å². The van der Waals surface area contributed by atoms with Gasteiger partial charge in [0.25, 0.3) is 5.56 Å². The molecule has 9 nitrogen and oxygen atoms in total. The van der Waals surface area contributed by atoms with Crippen molar-refractivity contribution in [1.82, 2.24) is 30.4 Å². The second-order valence-corrected chi connectivity index (χ2v) is 3.73. The third-order valence-corrected chi connectivity index (χ3v) is 2.31. The van der Waals surface area contributed by atoms with Crippen molar-refractivity contribution < 1.29 is 9.90 Å². The second-order valence-electron chi connectivity index (χ2n) is 3.73. The Balaban J connectivity index is 2.30. The molecule has 1 unspecified atom stereocenters. The third-order valence-electron chi connectivity index (χ3n) is 2.31. The van der Waals surface area contributed by atoms with E-state index in [2.05, 4.69) is 25.7 Å². The Morgan fingerprint density at radius 1 is 1.56 bits per heavy atom. The van der Waals surface area contributed by atoms with Crippen LogP contribution in [0.3, 0.4) is 0 Å². The lowest BCUT2D eigenvalue weighted by Crippen LogP contribution is -2.18. The van der Waals surface area contributed by atoms with E-state index in [0.717, 1.165) is 0 Å². The van der Waals surface area contributed by atoms with Crippen molar-refractivity contribution in [3.05, 3.63) is 22.5 Å². The van der Waals surface area contributed by atoms with Gasteiger partial charge in [0.2, 0.25) is 5.82 Å². The van der Waals surface area contributed by atoms with Crippen molar-refractivity contribution in [3.63, 3.8) is 0 Å². The Labute approximate surface area is 100 Å². The van der Waals surface area contributed by atoms with Gasteiger partial charge in [-0.05, 0) is 16.5 Å². The zero-order valence-electron chi connectivity index (χ0n) is 9.44. The normalized spacial score (nSPS) is 12.3. The summed E-state index contributed by atoms with van der Waals surface area (Å²) in [6.45, 7) is 1.67. The molecule has 2 N–H and O–H groups in total. The first-order valence-electron chi connectivity index (χ1n) is 5.13. The van der Waals surface area contributed by atoms with Crippen LogP contribution in [0.2, 0.25) is 0 Å². The highest BCUT2D eigenvalue weighted by Crippen LogP contribution is 2.11. The molecule has 0 radical (unpaired) electrons. The summed E-state index contributed by atoms with van der Waals surface area (Å²) < 4.78 is 1.33. The van der Waals surface area contributed by atoms with Crippen LogP contribution in [0.25, 0.3) is 11.5 Å². The van der Waals surface area contributed by atoms with Crippen LogP contribution in [0.4, 0.5) is 0 Å². The van der Waals surface area contributed by atoms with Gasteiger partial charge in [0.05, 0.1) is 12.5 Å². The molecule has 1 atom stereocenters. The molecule has 18 heavy (non-hydrogen) atoms. The van der Waals surface area contributed by atoms with E-state index >= 15 is 0 Å². The standard InChI is InChI=1S/C9H10N6O3/c1-5(9(17)18)4-15-8(12-13-14-15)6-2-3-7(16)11-10-6/h2-3,5H,4H2,1H3,(H,11,16)(H,17,18). The van der Waals surface area contributed by atoms with Gasteiger partial charge in [-0.3, -0.25) is 9.59 Å². The molecule has 0 bridgehead atoms. The van der Waals surface area contributed by atoms with Gasteiger partial charge in [-0.1, -0.05) is 6.92 Å². The van der Waals surface area contributed by atoms with Gasteiger partial charge in [0.15, 0.2) is 0 Å². The fourth-order valence-corrected chi connectivity index (χ4v) is 1.32. The monoisotopic (exact) mass is 250 g/mol. The third kappa shape index (κ3) is 2.39. The number of aliphatic carboxylic acids is 1. The van der Waals surface area contributed by atoms with Gasteiger partial charge >= 0.3 is 5.97 Å². The molecule has 0 aromatic carbocycles. The quantitative estimate of drug-likeness (QED) is 0.723. The average Bonchev–Trinajstić information content (AvgIpc) is 2.78. The molecule has 0 saturated heterocycles. The number of aromatic amines is 1. The largest absolute Gasteiger partial charge is 0.481 e. The highest BCUT2D eigenvalue weighted by Gasteiger charge is 2.17. The van der Waals surface area contributed by atoms with Crippen LogP contribution in [-0.4, -0.2) is 41.5 Å². The number of rotatable bonds is 4. The molecule has 0 amide bonds. The maximum Gasteiger partial charge on any atom is 0.308 e. The zero-order chi connectivity index (χ0) is 13.1. The van der Waals surface area contributed by atoms with Crippen molar-refractivity contribution in [3.8, 4) is 11.5 Å². The molecular formula is C9H10N6O3. The van der Waals surface area contributed by atoms with Crippen LogP contribution in [0, 0.1) is 5.92 Å². The summed E-state index contributed by atoms with van der Waals surface area (Å²) in [7, 11) is 0. The Bertz CT molecular complexity index is 598. The summed E-state index contributed by atoms with van der Waals surface area (Å²) in [6.07, 6.45) is 0. The van der Waals surface area contributed by atoms with Crippen LogP contribution in [0.1, 0.15) is 6.92 Å². The topological polar surface area (TPSA) is 127 Å². The highest BCUT2D eigenvalue weighted by molar-refractivity contribution is 5.69. The number of hydrogen-bond donors (Lipinski definition) is 2. The molecule has 94 valence electrons. The Hall–Kier alpha value is -2.58. The lowest BCUT2D eigenvalue weighted by atomic mass is 10.2. The van der Waals surface area contributed by atoms with Gasteiger partial charge in [0, 0.05) is 6.07 Å². The molecule has 2 aromatic heterocycles. The minimum Gasteiger partial charge on any atom is -0.481 e. The second kappa shape index (κ2) is 4.73. The summed E-state index contributed by atoms with van der Waals surface area (Å²) in [6, 6.07) is 2.76. The van der Waals surface area contributed by atoms with Gasteiger partial charge in [-0.25, -0.2) is 9.78 Å². The summed E-state index contributed by atoms with van der Waals surface area (Å²) in [5.74, 6) is -1.26. The molecule has 0 fully saturated rings. The van der Waals surface area contributed by atoms with Crippen LogP contribution >= 0.6 is 0 Å². The average molecular weight is 250 g/mol. The first-order valence-corrected chi connectivity index (χ1v) is 5.13. The Kier molecular flexibility index (Phi) is 3.13. The maximum absolute atomic E-state index is 10.9. The minimum atomic E-state index is -0.939. The number of tetrazole rings is 1. The van der Waals surface area contributed by atoms with Crippen molar-refractivity contribution in [2.24, 2.45) is 5.92 Å². The molecule has 2 heterocycles. The van der Waals surface area contributed by atoms with Crippen molar-refractivity contribution in [1.29, 1.82) is 0 Å². The van der Waals surface area contributed by atoms with Gasteiger partial charge in [-0.2, -0.15) is 5.10 Å². The lowest BCUT2D eigenvalue weighted by Gasteiger charge is -2.06. The van der Waals surface area contributed by atoms with E-state index in [1.807, 2.05) is 0 Å². The Morgan fingerprint density at radius 3 is 2.94 bits per heavy atom. The van der Waals surface area contributed by atoms with E-state index in [-0.39, 0.29) is 12.1 Å². The van der Waals surface area contributed by atoms with E-state index in [1.54, 1.807) is 6.92 Å². The van der Waals surface area contributed by atoms with Crippen LogP contribution in [0.5, 0.6) is 0 Å². The fraction of sp³-hybridized carbons (Fsp3) is 0.333. The van der Waals surface area contributed by atoms with E-state index in [1.165, 1.54) is 16.8 Å².